The van der Waals surface area contributed by atoms with E-state index in [-0.39, 0.29) is 18.6 Å². The van der Waals surface area contributed by atoms with Crippen molar-refractivity contribution in [3.8, 4) is 0 Å². The van der Waals surface area contributed by atoms with Crippen LogP contribution in [0.15, 0.2) is 0 Å². The van der Waals surface area contributed by atoms with Crippen LogP contribution in [-0.2, 0) is 9.53 Å². The van der Waals surface area contributed by atoms with E-state index in [0.29, 0.717) is 26.1 Å². The van der Waals surface area contributed by atoms with Crippen molar-refractivity contribution < 1.29 is 19.4 Å². The molecule has 0 aromatic carbocycles. The van der Waals surface area contributed by atoms with E-state index >= 15 is 0 Å². The average Bonchev–Trinajstić information content (AvgIpc) is 2.53. The molecule has 0 spiro atoms. The van der Waals surface area contributed by atoms with Crippen molar-refractivity contribution in [1.82, 2.24) is 15.5 Å². The maximum atomic E-state index is 11.9. The summed E-state index contributed by atoms with van der Waals surface area (Å²) in [5.41, 5.74) is 0. The highest BCUT2D eigenvalue weighted by molar-refractivity contribution is 5.75. The molecule has 7 nitrogen and oxygen atoms in total. The minimum atomic E-state index is -0.380. The summed E-state index contributed by atoms with van der Waals surface area (Å²) in [5.74, 6) is 0.153. The van der Waals surface area contributed by atoms with Gasteiger partial charge < -0.3 is 25.4 Å². The van der Waals surface area contributed by atoms with Gasteiger partial charge in [0, 0.05) is 39.7 Å². The Morgan fingerprint density at radius 2 is 1.78 bits per heavy atom. The number of rotatable bonds is 14. The van der Waals surface area contributed by atoms with Gasteiger partial charge in [-0.15, -0.1) is 0 Å². The van der Waals surface area contributed by atoms with Crippen LogP contribution in [0.5, 0.6) is 0 Å². The van der Waals surface area contributed by atoms with E-state index < -0.39 is 0 Å². The fraction of sp³-hybridized carbons (Fsp3) is 0.875. The average molecular weight is 331 g/mol. The molecule has 0 aromatic heterocycles. The lowest BCUT2D eigenvalue weighted by Gasteiger charge is -2.17. The predicted octanol–water partition coefficient (Wildman–Crippen LogP) is 1.11. The fourth-order valence-electron chi connectivity index (χ4n) is 2.00. The first-order valence-electron chi connectivity index (χ1n) is 8.58. The van der Waals surface area contributed by atoms with Crippen LogP contribution >= 0.6 is 0 Å². The molecule has 0 radical (unpaired) electrons. The van der Waals surface area contributed by atoms with Crippen molar-refractivity contribution in [1.29, 1.82) is 0 Å². The summed E-state index contributed by atoms with van der Waals surface area (Å²) >= 11 is 0. The second-order valence-corrected chi connectivity index (χ2v) is 5.45. The van der Waals surface area contributed by atoms with Crippen LogP contribution in [0.4, 0.5) is 4.79 Å². The topological polar surface area (TPSA) is 90.9 Å². The first-order valence-corrected chi connectivity index (χ1v) is 8.58. The van der Waals surface area contributed by atoms with Gasteiger partial charge in [-0.25, -0.2) is 4.79 Å². The van der Waals surface area contributed by atoms with Gasteiger partial charge in [-0.2, -0.15) is 0 Å². The van der Waals surface area contributed by atoms with E-state index in [2.05, 4.69) is 10.6 Å². The van der Waals surface area contributed by atoms with Crippen LogP contribution in [0.3, 0.4) is 0 Å². The number of ether oxygens (including phenoxy) is 1. The summed E-state index contributed by atoms with van der Waals surface area (Å²) in [6, 6.07) is 0. The Hall–Kier alpha value is -1.34. The Morgan fingerprint density at radius 1 is 1.04 bits per heavy atom. The van der Waals surface area contributed by atoms with E-state index in [9.17, 15) is 9.59 Å². The summed E-state index contributed by atoms with van der Waals surface area (Å²) in [4.78, 5) is 24.7. The van der Waals surface area contributed by atoms with Crippen LogP contribution in [0.25, 0.3) is 0 Å². The number of alkyl carbamates (subject to hydrolysis) is 1. The lowest BCUT2D eigenvalue weighted by atomic mass is 10.2. The van der Waals surface area contributed by atoms with Gasteiger partial charge >= 0.3 is 6.09 Å². The molecule has 7 heteroatoms. The number of aliphatic hydroxyl groups excluding tert-OH is 1. The Bertz CT molecular complexity index is 314. The highest BCUT2D eigenvalue weighted by Gasteiger charge is 2.07. The molecule has 0 atom stereocenters. The number of hydrogen-bond acceptors (Lipinski definition) is 5. The van der Waals surface area contributed by atoms with Crippen molar-refractivity contribution in [3.63, 3.8) is 0 Å². The molecule has 3 N–H and O–H groups in total. The molecule has 0 aliphatic carbocycles. The minimum Gasteiger partial charge on any atom is -0.450 e. The van der Waals surface area contributed by atoms with Gasteiger partial charge in [-0.1, -0.05) is 6.42 Å². The van der Waals surface area contributed by atoms with Crippen LogP contribution in [-0.4, -0.2) is 68.4 Å². The number of unbranched alkanes of at least 4 members (excludes halogenated alkanes) is 3. The van der Waals surface area contributed by atoms with Crippen molar-refractivity contribution in [2.45, 2.75) is 45.4 Å². The summed E-state index contributed by atoms with van der Waals surface area (Å²) in [7, 11) is 1.82. The molecule has 136 valence electrons. The molecule has 0 aromatic rings. The zero-order valence-electron chi connectivity index (χ0n) is 14.6. The molecule has 0 rings (SSSR count). The third-order valence-electron chi connectivity index (χ3n) is 3.42. The van der Waals surface area contributed by atoms with Crippen LogP contribution in [0.2, 0.25) is 0 Å². The third-order valence-corrected chi connectivity index (χ3v) is 3.42. The van der Waals surface area contributed by atoms with E-state index in [1.165, 1.54) is 0 Å². The Balaban J connectivity index is 3.45. The van der Waals surface area contributed by atoms with E-state index in [1.54, 1.807) is 11.8 Å². The number of aliphatic hydroxyl groups is 1. The number of hydrogen-bond donors (Lipinski definition) is 3. The second kappa shape index (κ2) is 15.6. The van der Waals surface area contributed by atoms with Crippen molar-refractivity contribution in [3.05, 3.63) is 0 Å². The first kappa shape index (κ1) is 21.7. The zero-order valence-corrected chi connectivity index (χ0v) is 14.6. The number of amides is 2. The van der Waals surface area contributed by atoms with Crippen LogP contribution < -0.4 is 10.6 Å². The summed E-state index contributed by atoms with van der Waals surface area (Å²) < 4.78 is 4.76. The second-order valence-electron chi connectivity index (χ2n) is 5.45. The first-order chi connectivity index (χ1) is 11.1. The summed E-state index contributed by atoms with van der Waals surface area (Å²) in [6.45, 7) is 5.31. The van der Waals surface area contributed by atoms with Gasteiger partial charge in [-0.05, 0) is 39.2 Å². The molecule has 0 fully saturated rings. The number of nitrogens with zero attached hydrogens (tertiary/aromatic N) is 1. The zero-order chi connectivity index (χ0) is 17.3. The van der Waals surface area contributed by atoms with Crippen LogP contribution in [0, 0.1) is 0 Å². The van der Waals surface area contributed by atoms with Crippen molar-refractivity contribution in [2.24, 2.45) is 0 Å². The van der Waals surface area contributed by atoms with E-state index in [4.69, 9.17) is 9.84 Å². The van der Waals surface area contributed by atoms with Gasteiger partial charge in [0.25, 0.3) is 0 Å². The summed E-state index contributed by atoms with van der Waals surface area (Å²) in [5, 5.41) is 14.6. The lowest BCUT2D eigenvalue weighted by molar-refractivity contribution is -0.129. The van der Waals surface area contributed by atoms with Crippen molar-refractivity contribution >= 4 is 12.0 Å². The SMILES string of the molecule is CCOC(=O)NCCCCCC(=O)N(C)CCNCCCCO. The molecule has 0 aliphatic heterocycles. The minimum absolute atomic E-state index is 0.153. The number of likely N-dealkylation sites (N-methyl/N-ethyl adjacent to an activating group) is 1. The van der Waals surface area contributed by atoms with Crippen LogP contribution in [0.1, 0.15) is 45.4 Å². The molecule has 2 amide bonds. The summed E-state index contributed by atoms with van der Waals surface area (Å²) in [6.07, 6.45) is 4.52. The van der Waals surface area contributed by atoms with Crippen molar-refractivity contribution in [2.75, 3.05) is 46.4 Å². The van der Waals surface area contributed by atoms with Gasteiger partial charge in [-0.3, -0.25) is 4.79 Å². The molecule has 0 saturated heterocycles. The normalized spacial score (nSPS) is 10.4. The highest BCUT2D eigenvalue weighted by Crippen LogP contribution is 2.02. The molecular formula is C16H33N3O4. The largest absolute Gasteiger partial charge is 0.450 e. The van der Waals surface area contributed by atoms with Gasteiger partial charge in [0.1, 0.15) is 0 Å². The molecule has 0 heterocycles. The quantitative estimate of drug-likeness (QED) is 0.415. The Labute approximate surface area is 139 Å². The van der Waals surface area contributed by atoms with E-state index in [0.717, 1.165) is 45.2 Å². The van der Waals surface area contributed by atoms with Gasteiger partial charge in [0.05, 0.1) is 6.61 Å². The molecule has 0 unspecified atom stereocenters. The standard InChI is InChI=1S/C16H33N3O4/c1-3-23-16(22)18-11-6-4-5-9-15(21)19(2)13-12-17-10-7-8-14-20/h17,20H,3-14H2,1-2H3,(H,18,22). The molecule has 0 bridgehead atoms. The third kappa shape index (κ3) is 14.0. The Kier molecular flexibility index (Phi) is 14.6. The molecular weight excluding hydrogens is 298 g/mol. The maximum Gasteiger partial charge on any atom is 0.407 e. The predicted molar refractivity (Wildman–Crippen MR) is 90.3 cm³/mol. The Morgan fingerprint density at radius 3 is 2.48 bits per heavy atom. The molecule has 23 heavy (non-hydrogen) atoms. The monoisotopic (exact) mass is 331 g/mol. The fourth-order valence-corrected chi connectivity index (χ4v) is 2.00. The highest BCUT2D eigenvalue weighted by atomic mass is 16.5. The van der Waals surface area contributed by atoms with Gasteiger partial charge in [0.15, 0.2) is 0 Å². The molecule has 0 saturated carbocycles. The number of nitrogens with one attached hydrogen (secondary N) is 2. The number of carbonyl (C=O) groups is 2. The lowest BCUT2D eigenvalue weighted by Crippen LogP contribution is -2.34. The number of carbonyl (C=O) groups excluding carboxylic acids is 2. The smallest absolute Gasteiger partial charge is 0.407 e. The maximum absolute atomic E-state index is 11.9. The van der Waals surface area contributed by atoms with E-state index in [1.807, 2.05) is 7.05 Å². The molecule has 0 aliphatic rings. The van der Waals surface area contributed by atoms with Gasteiger partial charge in [0.2, 0.25) is 5.91 Å².